The maximum absolute atomic E-state index is 14.6. The third-order valence-electron chi connectivity index (χ3n) is 13.2. The first-order valence-corrected chi connectivity index (χ1v) is 28.4. The number of nitrogens with zero attached hydrogens (tertiary/aromatic N) is 2. The molecule has 1 fully saturated rings. The number of rotatable bonds is 18. The zero-order chi connectivity index (χ0) is 46.6. The first-order chi connectivity index (χ1) is 30.6. The van der Waals surface area contributed by atoms with E-state index in [2.05, 4.69) is 121 Å². The van der Waals surface area contributed by atoms with Gasteiger partial charge in [0.05, 0.1) is 17.6 Å². The molecule has 1 amide bonds. The Morgan fingerprint density at radius 2 is 1.52 bits per heavy atom. The Kier molecular flexibility index (Phi) is 25.1. The Bertz CT molecular complexity index is 2120. The number of fused-ring (bicyclic) bond motifs is 2. The number of carbonyl (C=O) groups excluding carboxylic acids is 1. The number of hydrazine groups is 1. The van der Waals surface area contributed by atoms with Gasteiger partial charge in [0.1, 0.15) is 18.8 Å². The van der Waals surface area contributed by atoms with Gasteiger partial charge in [0.2, 0.25) is 11.6 Å². The van der Waals surface area contributed by atoms with Gasteiger partial charge in [0, 0.05) is 77.9 Å². The third-order valence-corrected chi connectivity index (χ3v) is 13.7. The van der Waals surface area contributed by atoms with Crippen LogP contribution in [0.15, 0.2) is 94.7 Å². The van der Waals surface area contributed by atoms with Crippen molar-refractivity contribution < 1.29 is 60.9 Å². The van der Waals surface area contributed by atoms with E-state index in [9.17, 15) is 29.3 Å². The van der Waals surface area contributed by atoms with Crippen LogP contribution in [0.2, 0.25) is 0 Å². The molecule has 12 N–H and O–H groups in total. The van der Waals surface area contributed by atoms with E-state index in [0.717, 1.165) is 74.2 Å². The van der Waals surface area contributed by atoms with Gasteiger partial charge in [-0.25, -0.2) is 9.82 Å². The number of para-hydroxylation sites is 2. The monoisotopic (exact) mass is 1170 g/mol. The van der Waals surface area contributed by atoms with Crippen molar-refractivity contribution in [3.8, 4) is 0 Å². The molecule has 2 heterocycles. The van der Waals surface area contributed by atoms with Gasteiger partial charge in [-0.1, -0.05) is 80.4 Å². The molecule has 2 unspecified atom stereocenters. The Morgan fingerprint density at radius 1 is 0.881 bits per heavy atom. The number of benzene rings is 2. The number of anilines is 1. The summed E-state index contributed by atoms with van der Waals surface area (Å²) in [6.07, 6.45) is 12.2. The summed E-state index contributed by atoms with van der Waals surface area (Å²) in [5, 5.41) is 39.4. The second kappa shape index (κ2) is 28.0. The minimum absolute atomic E-state index is 0. The van der Waals surface area contributed by atoms with Crippen LogP contribution in [0.3, 0.4) is 0 Å². The average molecular weight is 1180 g/mol. The number of alkyl halides is 1. The second-order valence-electron chi connectivity index (χ2n) is 18.2. The second-order valence-corrected chi connectivity index (χ2v) is 21.9. The number of hydrogen-bond acceptors (Lipinski definition) is 7. The Morgan fingerprint density at radius 3 is 2.21 bits per heavy atom. The van der Waals surface area contributed by atoms with Crippen LogP contribution in [0.4, 0.5) is 15.8 Å². The van der Waals surface area contributed by atoms with Crippen molar-refractivity contribution in [2.75, 3.05) is 24.6 Å². The van der Waals surface area contributed by atoms with Gasteiger partial charge < -0.3 is 43.1 Å². The molecule has 0 saturated heterocycles. The summed E-state index contributed by atoms with van der Waals surface area (Å²) in [6.45, 7) is 10.3. The molecule has 13 nitrogen and oxygen atoms in total. The number of aliphatic hydroxyl groups is 3. The normalized spacial score (nSPS) is 23.8. The SMILES string of the molecule is CC1(C)C(/C=C/C2=C(Cl)C(=C/C=C3/N(CCCCCC(=O)NN[C@@H]4CC(CO)[C@@H](O)[C@H](O)C4[18F])c4ccccc4C3(C)C)/CCC2)=[N+](CCCCCC(=O)O)c2ccccc21.O.[Cl][Pt+2][Cl].[NH2-].[NH2-]. The van der Waals surface area contributed by atoms with Crippen molar-refractivity contribution in [1.29, 1.82) is 0 Å². The number of carbonyl (C=O) groups is 2. The van der Waals surface area contributed by atoms with Crippen molar-refractivity contribution in [1.82, 2.24) is 10.9 Å². The van der Waals surface area contributed by atoms with E-state index in [1.54, 1.807) is 0 Å². The number of carboxylic acids is 1. The quantitative estimate of drug-likeness (QED) is 0.0475. The van der Waals surface area contributed by atoms with Crippen molar-refractivity contribution in [2.24, 2.45) is 5.92 Å². The zero-order valence-electron chi connectivity index (χ0n) is 38.9. The molecular weight excluding hydrogens is 1100 g/mol. The number of aliphatic hydroxyl groups excluding tert-OH is 3. The molecule has 0 spiro atoms. The van der Waals surface area contributed by atoms with E-state index < -0.39 is 52.8 Å². The molecule has 2 aliphatic carbocycles. The molecule has 0 bridgehead atoms. The van der Waals surface area contributed by atoms with Gasteiger partial charge in [0.25, 0.3) is 0 Å². The maximum Gasteiger partial charge on any atom is -0.693 e. The number of halogens is 4. The standard InChI is InChI=1S/C49H64ClFN4O6.2ClH.2H2N.H2O.Pt/c1-48(2)35-18-9-11-20-38(35)54(28-13-5-7-22-42(57)53-52-37-30-34(31-56)46(60)47(61)45(37)51)40(48)26-24-32-16-15-17-33(44(32)50)25-27-41-49(3,4)36-19-10-12-21-39(36)55(41)29-14-6-8-23-43(58)59;;;;;;/h9-12,18-21,24-27,34,37,45-47,52,56,60-61H,5-8,13-17,22-23,28-31H2,1-4H3,(H-,53,57,58,59);2*1H;3*1H2;/q;;;2*-1;;+4/p-1/t34?,37-,45?,46-,47-;;;;;;/m1....../s1/i51-1;;;;;;. The van der Waals surface area contributed by atoms with E-state index in [1.165, 1.54) is 33.9 Å². The van der Waals surface area contributed by atoms with E-state index in [4.69, 9.17) is 35.5 Å². The molecule has 376 valence electrons. The Balaban J connectivity index is 0.00000250. The molecule has 1 saturated carbocycles. The van der Waals surface area contributed by atoms with Crippen LogP contribution in [0.1, 0.15) is 116 Å². The van der Waals surface area contributed by atoms with Crippen LogP contribution in [0.5, 0.6) is 0 Å². The van der Waals surface area contributed by atoms with Crippen LogP contribution in [0, 0.1) is 5.92 Å². The number of aliphatic carboxylic acids is 1. The molecular formula is C49H71Cl3FN6O7Pt+. The molecule has 2 aliphatic heterocycles. The van der Waals surface area contributed by atoms with Crippen molar-refractivity contribution >= 4 is 59.4 Å². The summed E-state index contributed by atoms with van der Waals surface area (Å²) in [5.41, 5.74) is 14.4. The maximum atomic E-state index is 14.6. The van der Waals surface area contributed by atoms with Gasteiger partial charge in [-0.3, -0.25) is 15.0 Å². The Labute approximate surface area is 417 Å². The minimum atomic E-state index is -1.77. The predicted octanol–water partition coefficient (Wildman–Crippen LogP) is 10.2. The van der Waals surface area contributed by atoms with Gasteiger partial charge in [-0.05, 0) is 94.1 Å². The topological polar surface area (TPSA) is 244 Å². The van der Waals surface area contributed by atoms with Crippen molar-refractivity contribution in [2.45, 2.75) is 140 Å². The number of nitrogens with two attached hydrogens (primary N) is 2. The molecule has 6 rings (SSSR count). The number of unbranched alkanes of at least 4 members (excludes halogenated alkanes) is 4. The van der Waals surface area contributed by atoms with E-state index in [0.29, 0.717) is 12.8 Å². The zero-order valence-corrected chi connectivity index (χ0v) is 43.4. The molecule has 2 aromatic carbocycles. The molecule has 2 aromatic rings. The number of allylic oxidation sites excluding steroid dienone is 8. The van der Waals surface area contributed by atoms with Crippen LogP contribution in [-0.4, -0.2) is 92.2 Å². The van der Waals surface area contributed by atoms with Crippen LogP contribution in [0.25, 0.3) is 12.3 Å². The first kappa shape index (κ1) is 60.1. The summed E-state index contributed by atoms with van der Waals surface area (Å²) < 4.78 is 17.0. The van der Waals surface area contributed by atoms with E-state index in [-0.39, 0.29) is 60.4 Å². The fraction of sp³-hybridized carbons (Fsp3) is 0.531. The van der Waals surface area contributed by atoms with Gasteiger partial charge in [-0.2, -0.15) is 4.58 Å². The molecule has 4 aliphatic rings. The number of nitrogens with one attached hydrogen (secondary N) is 2. The number of hydrogen-bond donors (Lipinski definition) is 6. The summed E-state index contributed by atoms with van der Waals surface area (Å²) >= 11 is 6.79. The smallest absolute Gasteiger partial charge is 0.693 e. The van der Waals surface area contributed by atoms with Crippen molar-refractivity contribution in [3.05, 3.63) is 118 Å². The summed E-state index contributed by atoms with van der Waals surface area (Å²) in [4.78, 5) is 26.1. The average Bonchev–Trinajstić information content (AvgIpc) is 3.62. The summed E-state index contributed by atoms with van der Waals surface area (Å²) in [7, 11) is 9.75. The van der Waals surface area contributed by atoms with Crippen molar-refractivity contribution in [3.63, 3.8) is 0 Å². The minimum Gasteiger partial charge on any atom is -0.693 e. The molecule has 67 heavy (non-hydrogen) atoms. The summed E-state index contributed by atoms with van der Waals surface area (Å²) in [5.74, 6) is -1.70. The fourth-order valence-electron chi connectivity index (χ4n) is 9.64. The van der Waals surface area contributed by atoms with E-state index >= 15 is 0 Å². The van der Waals surface area contributed by atoms with E-state index in [1.807, 2.05) is 0 Å². The predicted molar refractivity (Wildman–Crippen MR) is 266 cm³/mol. The number of carboxylic acid groups (broad SMARTS) is 1. The van der Waals surface area contributed by atoms with Gasteiger partial charge in [0.15, 0.2) is 5.71 Å². The van der Waals surface area contributed by atoms with Gasteiger partial charge >= 0.3 is 41.3 Å². The van der Waals surface area contributed by atoms with Crippen LogP contribution in [-0.2, 0) is 36.9 Å². The first-order valence-electron chi connectivity index (χ1n) is 22.4. The molecule has 0 aromatic heterocycles. The number of amides is 1. The largest absolute Gasteiger partial charge is 0.693 e. The molecule has 18 heteroatoms. The fourth-order valence-corrected chi connectivity index (χ4v) is 9.96. The molecule has 5 atom stereocenters. The third kappa shape index (κ3) is 14.8. The van der Waals surface area contributed by atoms with Gasteiger partial charge in [-0.15, -0.1) is 0 Å². The Hall–Kier alpha value is -2.98. The summed E-state index contributed by atoms with van der Waals surface area (Å²) in [6, 6.07) is 16.2. The van der Waals surface area contributed by atoms with Crippen LogP contribution >= 0.6 is 30.4 Å². The molecule has 0 radical (unpaired) electrons. The van der Waals surface area contributed by atoms with Crippen LogP contribution < -0.4 is 15.8 Å².